The van der Waals surface area contributed by atoms with Gasteiger partial charge in [-0.3, -0.25) is 4.79 Å². The predicted molar refractivity (Wildman–Crippen MR) is 69.5 cm³/mol. The Morgan fingerprint density at radius 2 is 1.94 bits per heavy atom. The van der Waals surface area contributed by atoms with Crippen molar-refractivity contribution in [3.8, 4) is 0 Å². The standard InChI is InChI=1S/C14H16N2O2/c1-9-6-10(2)14(11(3)7-9)15-13(17)8-12-4-5-18-16-12/h4-7H,8H2,1-3H3,(H,15,17). The van der Waals surface area contributed by atoms with E-state index in [9.17, 15) is 4.79 Å². The SMILES string of the molecule is Cc1cc(C)c(NC(=O)Cc2ccon2)c(C)c1. The molecule has 2 aromatic rings. The largest absolute Gasteiger partial charge is 0.364 e. The van der Waals surface area contributed by atoms with Gasteiger partial charge in [-0.25, -0.2) is 0 Å². The van der Waals surface area contributed by atoms with Crippen LogP contribution in [0.2, 0.25) is 0 Å². The maximum Gasteiger partial charge on any atom is 0.230 e. The maximum atomic E-state index is 11.9. The number of nitrogens with zero attached hydrogens (tertiary/aromatic N) is 1. The molecule has 94 valence electrons. The molecule has 2 rings (SSSR count). The van der Waals surface area contributed by atoms with Crippen LogP contribution in [-0.2, 0) is 11.2 Å². The van der Waals surface area contributed by atoms with Gasteiger partial charge in [-0.15, -0.1) is 0 Å². The second kappa shape index (κ2) is 5.04. The van der Waals surface area contributed by atoms with E-state index in [2.05, 4.69) is 22.6 Å². The molecule has 0 spiro atoms. The van der Waals surface area contributed by atoms with Crippen molar-refractivity contribution in [2.75, 3.05) is 5.32 Å². The molecule has 4 nitrogen and oxygen atoms in total. The number of carbonyl (C=O) groups excluding carboxylic acids is 1. The third-order valence-corrected chi connectivity index (χ3v) is 2.77. The Morgan fingerprint density at radius 3 is 2.50 bits per heavy atom. The summed E-state index contributed by atoms with van der Waals surface area (Å²) in [6.45, 7) is 6.03. The van der Waals surface area contributed by atoms with Gasteiger partial charge >= 0.3 is 0 Å². The maximum absolute atomic E-state index is 11.9. The fourth-order valence-corrected chi connectivity index (χ4v) is 2.05. The summed E-state index contributed by atoms with van der Waals surface area (Å²) >= 11 is 0. The van der Waals surface area contributed by atoms with E-state index in [0.717, 1.165) is 16.8 Å². The number of benzene rings is 1. The van der Waals surface area contributed by atoms with Crippen molar-refractivity contribution in [2.45, 2.75) is 27.2 Å². The Balaban J connectivity index is 2.12. The molecule has 1 heterocycles. The van der Waals surface area contributed by atoms with E-state index in [1.54, 1.807) is 6.07 Å². The van der Waals surface area contributed by atoms with Crippen LogP contribution in [0.3, 0.4) is 0 Å². The summed E-state index contributed by atoms with van der Waals surface area (Å²) in [6, 6.07) is 5.80. The van der Waals surface area contributed by atoms with E-state index in [0.29, 0.717) is 5.69 Å². The Bertz CT molecular complexity index is 536. The van der Waals surface area contributed by atoms with Crippen LogP contribution < -0.4 is 5.32 Å². The topological polar surface area (TPSA) is 55.1 Å². The number of aromatic nitrogens is 1. The van der Waals surface area contributed by atoms with Crippen LogP contribution >= 0.6 is 0 Å². The lowest BCUT2D eigenvalue weighted by Gasteiger charge is -2.12. The van der Waals surface area contributed by atoms with Gasteiger partial charge in [0.2, 0.25) is 5.91 Å². The Hall–Kier alpha value is -2.10. The second-order valence-corrected chi connectivity index (χ2v) is 4.49. The number of rotatable bonds is 3. The van der Waals surface area contributed by atoms with Crippen LogP contribution in [0.25, 0.3) is 0 Å². The Morgan fingerprint density at radius 1 is 1.28 bits per heavy atom. The van der Waals surface area contributed by atoms with Crippen molar-refractivity contribution in [3.63, 3.8) is 0 Å². The molecule has 0 atom stereocenters. The molecule has 0 saturated heterocycles. The molecule has 1 amide bonds. The van der Waals surface area contributed by atoms with Crippen molar-refractivity contribution in [3.05, 3.63) is 46.8 Å². The van der Waals surface area contributed by atoms with Gasteiger partial charge in [-0.05, 0) is 31.9 Å². The summed E-state index contributed by atoms with van der Waals surface area (Å²) in [4.78, 5) is 11.9. The highest BCUT2D eigenvalue weighted by Gasteiger charge is 2.10. The zero-order valence-electron chi connectivity index (χ0n) is 10.8. The van der Waals surface area contributed by atoms with Crippen molar-refractivity contribution in [1.29, 1.82) is 0 Å². The molecule has 4 heteroatoms. The zero-order valence-corrected chi connectivity index (χ0v) is 10.8. The molecular formula is C14H16N2O2. The van der Waals surface area contributed by atoms with Crippen LogP contribution in [-0.4, -0.2) is 11.1 Å². The lowest BCUT2D eigenvalue weighted by atomic mass is 10.0. The summed E-state index contributed by atoms with van der Waals surface area (Å²) in [6.07, 6.45) is 1.69. The van der Waals surface area contributed by atoms with E-state index in [1.807, 2.05) is 20.8 Å². The minimum atomic E-state index is -0.0843. The third-order valence-electron chi connectivity index (χ3n) is 2.77. The van der Waals surface area contributed by atoms with Gasteiger partial charge in [0.05, 0.1) is 12.1 Å². The molecule has 0 aliphatic carbocycles. The van der Waals surface area contributed by atoms with E-state index in [-0.39, 0.29) is 12.3 Å². The van der Waals surface area contributed by atoms with E-state index in [1.165, 1.54) is 11.8 Å². The molecule has 0 unspecified atom stereocenters. The van der Waals surface area contributed by atoms with Gasteiger partial charge in [0.1, 0.15) is 6.26 Å². The molecule has 0 bridgehead atoms. The second-order valence-electron chi connectivity index (χ2n) is 4.49. The smallest absolute Gasteiger partial charge is 0.230 e. The quantitative estimate of drug-likeness (QED) is 0.903. The zero-order chi connectivity index (χ0) is 13.1. The van der Waals surface area contributed by atoms with Crippen LogP contribution in [0.1, 0.15) is 22.4 Å². The van der Waals surface area contributed by atoms with Crippen molar-refractivity contribution >= 4 is 11.6 Å². The first-order valence-corrected chi connectivity index (χ1v) is 5.83. The van der Waals surface area contributed by atoms with E-state index in [4.69, 9.17) is 4.52 Å². The minimum absolute atomic E-state index is 0.0843. The average molecular weight is 244 g/mol. The summed E-state index contributed by atoms with van der Waals surface area (Å²) in [5.41, 5.74) is 4.85. The number of hydrogen-bond acceptors (Lipinski definition) is 3. The monoisotopic (exact) mass is 244 g/mol. The number of nitrogens with one attached hydrogen (secondary N) is 1. The lowest BCUT2D eigenvalue weighted by molar-refractivity contribution is -0.115. The number of anilines is 1. The molecule has 1 aromatic heterocycles. The molecule has 0 fully saturated rings. The molecule has 1 N–H and O–H groups in total. The van der Waals surface area contributed by atoms with Gasteiger partial charge < -0.3 is 9.84 Å². The average Bonchev–Trinajstić information content (AvgIpc) is 2.76. The van der Waals surface area contributed by atoms with Crippen LogP contribution in [0.15, 0.2) is 29.0 Å². The summed E-state index contributed by atoms with van der Waals surface area (Å²) in [5.74, 6) is -0.0843. The van der Waals surface area contributed by atoms with Gasteiger partial charge in [-0.1, -0.05) is 22.9 Å². The first-order valence-electron chi connectivity index (χ1n) is 5.83. The molecular weight excluding hydrogens is 228 g/mol. The highest BCUT2D eigenvalue weighted by atomic mass is 16.5. The molecule has 0 aliphatic rings. The lowest BCUT2D eigenvalue weighted by Crippen LogP contribution is -2.16. The van der Waals surface area contributed by atoms with Crippen molar-refractivity contribution < 1.29 is 9.32 Å². The number of amides is 1. The highest BCUT2D eigenvalue weighted by Crippen LogP contribution is 2.22. The predicted octanol–water partition coefficient (Wildman–Crippen LogP) is 2.78. The molecule has 0 radical (unpaired) electrons. The minimum Gasteiger partial charge on any atom is -0.364 e. The first-order chi connectivity index (χ1) is 8.56. The molecule has 18 heavy (non-hydrogen) atoms. The van der Waals surface area contributed by atoms with E-state index < -0.39 is 0 Å². The summed E-state index contributed by atoms with van der Waals surface area (Å²) < 4.78 is 4.70. The fourth-order valence-electron chi connectivity index (χ4n) is 2.05. The fraction of sp³-hybridized carbons (Fsp3) is 0.286. The highest BCUT2D eigenvalue weighted by molar-refractivity contribution is 5.93. The summed E-state index contributed by atoms with van der Waals surface area (Å²) in [7, 11) is 0. The Kier molecular flexibility index (Phi) is 3.46. The normalized spacial score (nSPS) is 10.4. The Labute approximate surface area is 106 Å². The number of hydrogen-bond donors (Lipinski definition) is 1. The molecule has 0 saturated carbocycles. The first kappa shape index (κ1) is 12.4. The third kappa shape index (κ3) is 2.77. The summed E-state index contributed by atoms with van der Waals surface area (Å²) in [5, 5.41) is 6.64. The van der Waals surface area contributed by atoms with Crippen LogP contribution in [0, 0.1) is 20.8 Å². The van der Waals surface area contributed by atoms with Crippen molar-refractivity contribution in [1.82, 2.24) is 5.16 Å². The number of aryl methyl sites for hydroxylation is 3. The van der Waals surface area contributed by atoms with Crippen LogP contribution in [0.4, 0.5) is 5.69 Å². The van der Waals surface area contributed by atoms with Gasteiger partial charge in [0, 0.05) is 11.8 Å². The molecule has 1 aromatic carbocycles. The van der Waals surface area contributed by atoms with E-state index >= 15 is 0 Å². The van der Waals surface area contributed by atoms with Crippen LogP contribution in [0.5, 0.6) is 0 Å². The van der Waals surface area contributed by atoms with Gasteiger partial charge in [0.15, 0.2) is 0 Å². The van der Waals surface area contributed by atoms with Crippen molar-refractivity contribution in [2.24, 2.45) is 0 Å². The van der Waals surface area contributed by atoms with Gasteiger partial charge in [-0.2, -0.15) is 0 Å². The number of carbonyl (C=O) groups is 1. The molecule has 0 aliphatic heterocycles. The van der Waals surface area contributed by atoms with Gasteiger partial charge in [0.25, 0.3) is 0 Å².